The van der Waals surface area contributed by atoms with Crippen molar-refractivity contribution in [2.24, 2.45) is 5.41 Å². The molecule has 0 saturated heterocycles. The van der Waals surface area contributed by atoms with Crippen LogP contribution >= 0.6 is 0 Å². The zero-order valence-electron chi connectivity index (χ0n) is 10.1. The molecule has 0 bridgehead atoms. The Morgan fingerprint density at radius 2 is 2.06 bits per heavy atom. The molecule has 0 spiro atoms. The van der Waals surface area contributed by atoms with Crippen molar-refractivity contribution in [2.45, 2.75) is 45.6 Å². The van der Waals surface area contributed by atoms with E-state index in [2.05, 4.69) is 6.58 Å². The number of aliphatic hydroxyl groups excluding tert-OH is 2. The van der Waals surface area contributed by atoms with Crippen LogP contribution in [0.15, 0.2) is 12.2 Å². The summed E-state index contributed by atoms with van der Waals surface area (Å²) in [7, 11) is 0. The fourth-order valence-corrected chi connectivity index (χ4v) is 1.79. The van der Waals surface area contributed by atoms with Crippen molar-refractivity contribution in [3.05, 3.63) is 12.2 Å². The first-order valence-electron chi connectivity index (χ1n) is 5.59. The molecule has 0 aromatic carbocycles. The van der Waals surface area contributed by atoms with Crippen molar-refractivity contribution in [1.82, 2.24) is 0 Å². The average molecular weight is 230 g/mol. The second-order valence-corrected chi connectivity index (χ2v) is 4.49. The van der Waals surface area contributed by atoms with Gasteiger partial charge in [0, 0.05) is 11.0 Å². The zero-order chi connectivity index (χ0) is 12.8. The van der Waals surface area contributed by atoms with Crippen molar-refractivity contribution < 1.29 is 20.1 Å². The fourth-order valence-electron chi connectivity index (χ4n) is 1.79. The van der Waals surface area contributed by atoms with E-state index in [1.165, 1.54) is 0 Å². The maximum Gasteiger partial charge on any atom is 0.331 e. The van der Waals surface area contributed by atoms with Crippen molar-refractivity contribution >= 4 is 5.97 Å². The van der Waals surface area contributed by atoms with Gasteiger partial charge in [-0.3, -0.25) is 0 Å². The fraction of sp³-hybridized carbons (Fsp3) is 0.750. The van der Waals surface area contributed by atoms with Gasteiger partial charge in [0.05, 0.1) is 12.7 Å². The molecule has 0 aromatic heterocycles. The van der Waals surface area contributed by atoms with Crippen LogP contribution in [0, 0.1) is 5.41 Å². The standard InChI is InChI=1S/C12H22O4/c1-4-5-6-12(3,7-10(14)8-13)9(2)11(15)16/h10,13-14H,2,4-8H2,1,3H3,(H,15,16). The molecule has 0 heterocycles. The molecular formula is C12H22O4. The Balaban J connectivity index is 4.72. The van der Waals surface area contributed by atoms with Gasteiger partial charge < -0.3 is 15.3 Å². The Bertz CT molecular complexity index is 249. The van der Waals surface area contributed by atoms with Crippen LogP contribution in [0.1, 0.15) is 39.5 Å². The molecule has 0 aliphatic carbocycles. The smallest absolute Gasteiger partial charge is 0.331 e. The van der Waals surface area contributed by atoms with Crippen LogP contribution in [0.25, 0.3) is 0 Å². The summed E-state index contributed by atoms with van der Waals surface area (Å²) >= 11 is 0. The second kappa shape index (κ2) is 6.66. The quantitative estimate of drug-likeness (QED) is 0.553. The van der Waals surface area contributed by atoms with E-state index in [9.17, 15) is 9.90 Å². The van der Waals surface area contributed by atoms with E-state index in [0.717, 1.165) is 12.8 Å². The van der Waals surface area contributed by atoms with Crippen LogP contribution in [-0.4, -0.2) is 34.0 Å². The maximum atomic E-state index is 10.9. The number of carboxylic acid groups (broad SMARTS) is 1. The topological polar surface area (TPSA) is 77.8 Å². The van der Waals surface area contributed by atoms with E-state index in [4.69, 9.17) is 10.2 Å². The molecule has 2 atom stereocenters. The summed E-state index contributed by atoms with van der Waals surface area (Å²) in [6.07, 6.45) is 1.83. The van der Waals surface area contributed by atoms with Crippen molar-refractivity contribution in [3.8, 4) is 0 Å². The molecule has 4 nitrogen and oxygen atoms in total. The third kappa shape index (κ3) is 4.33. The van der Waals surface area contributed by atoms with Crippen molar-refractivity contribution in [2.75, 3.05) is 6.61 Å². The Hall–Kier alpha value is -0.870. The molecule has 0 amide bonds. The third-order valence-corrected chi connectivity index (χ3v) is 2.97. The number of hydrogen-bond donors (Lipinski definition) is 3. The normalized spacial score (nSPS) is 16.5. The summed E-state index contributed by atoms with van der Waals surface area (Å²) in [5.74, 6) is -1.04. The second-order valence-electron chi connectivity index (χ2n) is 4.49. The average Bonchev–Trinajstić information content (AvgIpc) is 2.24. The Morgan fingerprint density at radius 1 is 1.50 bits per heavy atom. The van der Waals surface area contributed by atoms with E-state index in [1.807, 2.05) is 6.92 Å². The molecule has 16 heavy (non-hydrogen) atoms. The van der Waals surface area contributed by atoms with Gasteiger partial charge in [0.25, 0.3) is 0 Å². The summed E-state index contributed by atoms with van der Waals surface area (Å²) in [5.41, 5.74) is -0.544. The van der Waals surface area contributed by atoms with Gasteiger partial charge in [0.1, 0.15) is 0 Å². The van der Waals surface area contributed by atoms with Gasteiger partial charge in [-0.2, -0.15) is 0 Å². The first kappa shape index (κ1) is 15.1. The molecule has 0 aliphatic heterocycles. The maximum absolute atomic E-state index is 10.9. The van der Waals surface area contributed by atoms with E-state index in [-0.39, 0.29) is 18.6 Å². The number of rotatable bonds is 8. The lowest BCUT2D eigenvalue weighted by atomic mass is 9.74. The SMILES string of the molecule is C=C(C(=O)O)C(C)(CCCC)CC(O)CO. The summed E-state index contributed by atoms with van der Waals surface area (Å²) in [5, 5.41) is 27.2. The largest absolute Gasteiger partial charge is 0.478 e. The lowest BCUT2D eigenvalue weighted by molar-refractivity contribution is -0.134. The number of unbranched alkanes of at least 4 members (excludes halogenated alkanes) is 1. The van der Waals surface area contributed by atoms with E-state index < -0.39 is 17.5 Å². The highest BCUT2D eigenvalue weighted by Crippen LogP contribution is 2.36. The minimum absolute atomic E-state index is 0.105. The molecule has 2 unspecified atom stereocenters. The molecule has 4 heteroatoms. The van der Waals surface area contributed by atoms with Crippen LogP contribution in [0.5, 0.6) is 0 Å². The van der Waals surface area contributed by atoms with Gasteiger partial charge in [-0.05, 0) is 12.8 Å². The minimum Gasteiger partial charge on any atom is -0.478 e. The van der Waals surface area contributed by atoms with Gasteiger partial charge in [0.2, 0.25) is 0 Å². The van der Waals surface area contributed by atoms with E-state index in [0.29, 0.717) is 6.42 Å². The van der Waals surface area contributed by atoms with E-state index >= 15 is 0 Å². The summed E-state index contributed by atoms with van der Waals surface area (Å²) in [6.45, 7) is 7.02. The Morgan fingerprint density at radius 3 is 2.44 bits per heavy atom. The highest BCUT2D eigenvalue weighted by Gasteiger charge is 2.33. The minimum atomic E-state index is -1.04. The molecule has 0 saturated carbocycles. The number of carbonyl (C=O) groups is 1. The van der Waals surface area contributed by atoms with Crippen LogP contribution in [0.2, 0.25) is 0 Å². The highest BCUT2D eigenvalue weighted by molar-refractivity contribution is 5.87. The lowest BCUT2D eigenvalue weighted by Gasteiger charge is -2.31. The summed E-state index contributed by atoms with van der Waals surface area (Å²) in [6, 6.07) is 0. The van der Waals surface area contributed by atoms with Gasteiger partial charge in [-0.15, -0.1) is 0 Å². The number of aliphatic hydroxyl groups is 2. The molecule has 0 radical (unpaired) electrons. The summed E-state index contributed by atoms with van der Waals surface area (Å²) in [4.78, 5) is 10.9. The predicted molar refractivity (Wildman–Crippen MR) is 62.1 cm³/mol. The van der Waals surface area contributed by atoms with Crippen LogP contribution in [0.4, 0.5) is 0 Å². The molecule has 0 aliphatic rings. The third-order valence-electron chi connectivity index (χ3n) is 2.97. The molecule has 0 rings (SSSR count). The van der Waals surface area contributed by atoms with Gasteiger partial charge in [0.15, 0.2) is 0 Å². The molecular weight excluding hydrogens is 208 g/mol. The zero-order valence-corrected chi connectivity index (χ0v) is 10.1. The van der Waals surface area contributed by atoms with Crippen LogP contribution in [0.3, 0.4) is 0 Å². The predicted octanol–water partition coefficient (Wildman–Crippen LogP) is 1.57. The van der Waals surface area contributed by atoms with Gasteiger partial charge in [-0.1, -0.05) is 33.3 Å². The highest BCUT2D eigenvalue weighted by atomic mass is 16.4. The first-order chi connectivity index (χ1) is 7.37. The number of hydrogen-bond acceptors (Lipinski definition) is 3. The van der Waals surface area contributed by atoms with Crippen molar-refractivity contribution in [1.29, 1.82) is 0 Å². The number of carboxylic acids is 1. The lowest BCUT2D eigenvalue weighted by Crippen LogP contribution is -2.30. The molecule has 3 N–H and O–H groups in total. The number of aliphatic carboxylic acids is 1. The van der Waals surface area contributed by atoms with E-state index in [1.54, 1.807) is 6.92 Å². The van der Waals surface area contributed by atoms with Crippen molar-refractivity contribution in [3.63, 3.8) is 0 Å². The first-order valence-corrected chi connectivity index (χ1v) is 5.59. The van der Waals surface area contributed by atoms with Crippen LogP contribution < -0.4 is 0 Å². The Kier molecular flexibility index (Phi) is 6.29. The molecule has 0 fully saturated rings. The molecule has 94 valence electrons. The monoisotopic (exact) mass is 230 g/mol. The Labute approximate surface area is 96.6 Å². The van der Waals surface area contributed by atoms with Gasteiger partial charge >= 0.3 is 5.97 Å². The summed E-state index contributed by atoms with van der Waals surface area (Å²) < 4.78 is 0. The van der Waals surface area contributed by atoms with Gasteiger partial charge in [-0.25, -0.2) is 4.79 Å². The molecule has 0 aromatic rings. The van der Waals surface area contributed by atoms with Crippen LogP contribution in [-0.2, 0) is 4.79 Å².